The van der Waals surface area contributed by atoms with Crippen LogP contribution < -0.4 is 5.32 Å². The van der Waals surface area contributed by atoms with Gasteiger partial charge in [-0.25, -0.2) is 8.42 Å². The number of sulfonamides is 1. The second-order valence-corrected chi connectivity index (χ2v) is 9.72. The molecule has 2 heterocycles. The van der Waals surface area contributed by atoms with Crippen molar-refractivity contribution in [3.63, 3.8) is 0 Å². The van der Waals surface area contributed by atoms with Crippen molar-refractivity contribution in [2.45, 2.75) is 37.5 Å². The molecule has 8 heteroatoms. The number of aliphatic imine (C=N–C) groups is 1. The summed E-state index contributed by atoms with van der Waals surface area (Å²) in [6, 6.07) is 8.74. The Hall–Kier alpha value is -0.870. The van der Waals surface area contributed by atoms with Crippen molar-refractivity contribution in [3.05, 3.63) is 30.3 Å². The summed E-state index contributed by atoms with van der Waals surface area (Å²) in [4.78, 5) is 7.19. The Morgan fingerprint density at radius 2 is 1.82 bits per heavy atom. The highest BCUT2D eigenvalue weighted by molar-refractivity contribution is 14.0. The lowest BCUT2D eigenvalue weighted by Gasteiger charge is -2.35. The Balaban J connectivity index is 0.00000280. The predicted molar refractivity (Wildman–Crippen MR) is 125 cm³/mol. The first-order valence-corrected chi connectivity index (χ1v) is 11.5. The van der Waals surface area contributed by atoms with Gasteiger partial charge in [-0.1, -0.05) is 25.1 Å². The molecule has 6 nitrogen and oxygen atoms in total. The first-order valence-electron chi connectivity index (χ1n) is 10.0. The van der Waals surface area contributed by atoms with E-state index in [-0.39, 0.29) is 24.0 Å². The molecule has 0 bridgehead atoms. The van der Waals surface area contributed by atoms with E-state index in [2.05, 4.69) is 22.1 Å². The molecule has 0 radical (unpaired) electrons. The van der Waals surface area contributed by atoms with Crippen LogP contribution in [0.2, 0.25) is 0 Å². The molecule has 2 aliphatic heterocycles. The number of likely N-dealkylation sites (tertiary alicyclic amines) is 1. The van der Waals surface area contributed by atoms with Crippen LogP contribution in [0.15, 0.2) is 40.2 Å². The van der Waals surface area contributed by atoms with Gasteiger partial charge in [0, 0.05) is 39.8 Å². The maximum atomic E-state index is 12.7. The van der Waals surface area contributed by atoms with Gasteiger partial charge >= 0.3 is 0 Å². The molecule has 2 aliphatic rings. The summed E-state index contributed by atoms with van der Waals surface area (Å²) < 4.78 is 27.1. The van der Waals surface area contributed by atoms with Crippen molar-refractivity contribution < 1.29 is 8.42 Å². The molecule has 1 unspecified atom stereocenters. The lowest BCUT2D eigenvalue weighted by Crippen LogP contribution is -2.48. The van der Waals surface area contributed by atoms with Gasteiger partial charge in [0.1, 0.15) is 0 Å². The van der Waals surface area contributed by atoms with Crippen molar-refractivity contribution in [2.75, 3.05) is 39.8 Å². The smallest absolute Gasteiger partial charge is 0.243 e. The molecule has 3 rings (SSSR count). The van der Waals surface area contributed by atoms with Gasteiger partial charge in [-0.15, -0.1) is 24.0 Å². The van der Waals surface area contributed by atoms with Gasteiger partial charge in [0.2, 0.25) is 10.0 Å². The first-order chi connectivity index (χ1) is 13.0. The minimum atomic E-state index is -3.36. The second kappa shape index (κ2) is 10.8. The van der Waals surface area contributed by atoms with Gasteiger partial charge in [-0.05, 0) is 49.7 Å². The van der Waals surface area contributed by atoms with Crippen LogP contribution in [-0.2, 0) is 10.0 Å². The Labute approximate surface area is 186 Å². The maximum absolute atomic E-state index is 12.7. The molecule has 0 spiro atoms. The topological polar surface area (TPSA) is 65.0 Å². The molecule has 1 N–H and O–H groups in total. The molecule has 2 fully saturated rings. The van der Waals surface area contributed by atoms with Gasteiger partial charge in [0.15, 0.2) is 5.96 Å². The fourth-order valence-corrected chi connectivity index (χ4v) is 5.54. The molecular formula is C20H33IN4O2S. The first kappa shape index (κ1) is 23.4. The Morgan fingerprint density at radius 3 is 2.43 bits per heavy atom. The van der Waals surface area contributed by atoms with Crippen LogP contribution in [0.5, 0.6) is 0 Å². The normalized spacial score (nSPS) is 22.6. The number of guanidine groups is 1. The molecule has 0 aliphatic carbocycles. The SMILES string of the molecule is CN=C(NCC1CCN(S(=O)(=O)c2ccccc2)CC1)N1CCCC(C)C1.I. The second-order valence-electron chi connectivity index (χ2n) is 7.78. The molecule has 1 aromatic rings. The number of nitrogens with one attached hydrogen (secondary N) is 1. The summed E-state index contributed by atoms with van der Waals surface area (Å²) in [5.74, 6) is 2.18. The van der Waals surface area contributed by atoms with Gasteiger partial charge in [0.25, 0.3) is 0 Å². The quantitative estimate of drug-likeness (QED) is 0.377. The van der Waals surface area contributed by atoms with E-state index in [1.165, 1.54) is 12.8 Å². The zero-order chi connectivity index (χ0) is 19.3. The number of nitrogens with zero attached hydrogens (tertiary/aromatic N) is 3. The van der Waals surface area contributed by atoms with Gasteiger partial charge < -0.3 is 10.2 Å². The minimum Gasteiger partial charge on any atom is -0.356 e. The number of halogens is 1. The molecule has 2 saturated heterocycles. The van der Waals surface area contributed by atoms with Crippen LogP contribution in [0.3, 0.4) is 0 Å². The molecule has 0 amide bonds. The van der Waals surface area contributed by atoms with Crippen molar-refractivity contribution >= 4 is 40.0 Å². The third-order valence-corrected chi connectivity index (χ3v) is 7.58. The monoisotopic (exact) mass is 520 g/mol. The van der Waals surface area contributed by atoms with Gasteiger partial charge in [-0.2, -0.15) is 4.31 Å². The van der Waals surface area contributed by atoms with Crippen molar-refractivity contribution in [2.24, 2.45) is 16.8 Å². The zero-order valence-electron chi connectivity index (χ0n) is 16.9. The largest absolute Gasteiger partial charge is 0.356 e. The fourth-order valence-electron chi connectivity index (χ4n) is 4.04. The van der Waals surface area contributed by atoms with Crippen molar-refractivity contribution in [3.8, 4) is 0 Å². The molecule has 1 atom stereocenters. The average molecular weight is 520 g/mol. The van der Waals surface area contributed by atoms with E-state index in [1.54, 1.807) is 28.6 Å². The number of rotatable bonds is 4. The number of hydrogen-bond acceptors (Lipinski definition) is 3. The highest BCUT2D eigenvalue weighted by Crippen LogP contribution is 2.23. The lowest BCUT2D eigenvalue weighted by molar-refractivity contribution is 0.254. The van der Waals surface area contributed by atoms with E-state index >= 15 is 0 Å². The van der Waals surface area contributed by atoms with Crippen LogP contribution in [0.4, 0.5) is 0 Å². The van der Waals surface area contributed by atoms with Gasteiger partial charge in [-0.3, -0.25) is 4.99 Å². The third-order valence-electron chi connectivity index (χ3n) is 5.67. The highest BCUT2D eigenvalue weighted by atomic mass is 127. The standard InChI is InChI=1S/C20H32N4O2S.HI/c1-17-7-6-12-23(16-17)20(21-2)22-15-18-10-13-24(14-11-18)27(25,26)19-8-4-3-5-9-19;/h3-5,8-9,17-18H,6-7,10-16H2,1-2H3,(H,21,22);1H. The van der Waals surface area contributed by atoms with Crippen molar-refractivity contribution in [1.29, 1.82) is 0 Å². The summed E-state index contributed by atoms with van der Waals surface area (Å²) in [5, 5.41) is 3.52. The Bertz CT molecular complexity index is 734. The molecule has 28 heavy (non-hydrogen) atoms. The van der Waals surface area contributed by atoms with E-state index in [4.69, 9.17) is 0 Å². The Morgan fingerprint density at radius 1 is 1.14 bits per heavy atom. The summed E-state index contributed by atoms with van der Waals surface area (Å²) >= 11 is 0. The lowest BCUT2D eigenvalue weighted by atomic mass is 9.98. The zero-order valence-corrected chi connectivity index (χ0v) is 20.0. The van der Waals surface area contributed by atoms with Crippen LogP contribution in [-0.4, -0.2) is 63.4 Å². The minimum absolute atomic E-state index is 0. The molecule has 1 aromatic carbocycles. The molecular weight excluding hydrogens is 487 g/mol. The third kappa shape index (κ3) is 5.82. The number of piperidine rings is 2. The van der Waals surface area contributed by atoms with Gasteiger partial charge in [0.05, 0.1) is 4.90 Å². The van der Waals surface area contributed by atoms with E-state index in [1.807, 2.05) is 13.1 Å². The van der Waals surface area contributed by atoms with Crippen LogP contribution >= 0.6 is 24.0 Å². The summed E-state index contributed by atoms with van der Waals surface area (Å²) in [6.07, 6.45) is 4.28. The fraction of sp³-hybridized carbons (Fsp3) is 0.650. The molecule has 158 valence electrons. The maximum Gasteiger partial charge on any atom is 0.243 e. The van der Waals surface area contributed by atoms with Crippen molar-refractivity contribution in [1.82, 2.24) is 14.5 Å². The number of benzene rings is 1. The average Bonchev–Trinajstić information content (AvgIpc) is 2.69. The van der Waals surface area contributed by atoms with E-state index in [0.29, 0.717) is 29.8 Å². The molecule has 0 saturated carbocycles. The van der Waals surface area contributed by atoms with E-state index < -0.39 is 10.0 Å². The predicted octanol–water partition coefficient (Wildman–Crippen LogP) is 3.01. The Kier molecular flexibility index (Phi) is 9.01. The van der Waals surface area contributed by atoms with Crippen LogP contribution in [0, 0.1) is 11.8 Å². The highest BCUT2D eigenvalue weighted by Gasteiger charge is 2.29. The van der Waals surface area contributed by atoms with Crippen LogP contribution in [0.25, 0.3) is 0 Å². The van der Waals surface area contributed by atoms with E-state index in [0.717, 1.165) is 38.4 Å². The summed E-state index contributed by atoms with van der Waals surface area (Å²) in [6.45, 7) is 6.45. The number of hydrogen-bond donors (Lipinski definition) is 1. The molecule has 0 aromatic heterocycles. The van der Waals surface area contributed by atoms with Crippen LogP contribution in [0.1, 0.15) is 32.6 Å². The summed E-state index contributed by atoms with van der Waals surface area (Å²) in [7, 11) is -1.52. The summed E-state index contributed by atoms with van der Waals surface area (Å²) in [5.41, 5.74) is 0. The van der Waals surface area contributed by atoms with E-state index in [9.17, 15) is 8.42 Å².